The summed E-state index contributed by atoms with van der Waals surface area (Å²) in [6.07, 6.45) is 5.98. The summed E-state index contributed by atoms with van der Waals surface area (Å²) in [4.78, 5) is 4.17. The number of para-hydroxylation sites is 1. The Morgan fingerprint density at radius 1 is 1.33 bits per heavy atom. The van der Waals surface area contributed by atoms with Crippen LogP contribution in [-0.2, 0) is 0 Å². The van der Waals surface area contributed by atoms with Gasteiger partial charge in [0.15, 0.2) is 6.04 Å². The topological polar surface area (TPSA) is 53.6 Å². The second kappa shape index (κ2) is 4.53. The second-order valence-electron chi connectivity index (χ2n) is 4.53. The average molecular weight is 238 g/mol. The highest BCUT2D eigenvalue weighted by atomic mass is 15.1. The van der Waals surface area contributed by atoms with Crippen molar-refractivity contribution in [2.75, 3.05) is 5.32 Å². The van der Waals surface area contributed by atoms with Crippen molar-refractivity contribution in [3.8, 4) is 6.07 Å². The molecule has 1 atom stereocenters. The van der Waals surface area contributed by atoms with Crippen LogP contribution in [0, 0.1) is 11.3 Å². The molecule has 2 aromatic rings. The summed E-state index contributed by atoms with van der Waals surface area (Å²) in [5, 5.41) is 12.6. The van der Waals surface area contributed by atoms with Crippen molar-refractivity contribution in [1.29, 1.82) is 5.26 Å². The number of hydrogen-bond acceptors (Lipinski definition) is 3. The largest absolute Gasteiger partial charge is 0.365 e. The van der Waals surface area contributed by atoms with Crippen molar-refractivity contribution in [3.63, 3.8) is 0 Å². The van der Waals surface area contributed by atoms with Crippen molar-refractivity contribution in [1.82, 2.24) is 9.55 Å². The van der Waals surface area contributed by atoms with E-state index in [1.165, 1.54) is 12.8 Å². The minimum absolute atomic E-state index is 0.351. The number of anilines is 1. The molecule has 0 spiro atoms. The summed E-state index contributed by atoms with van der Waals surface area (Å²) in [5.41, 5.74) is 1.90. The highest BCUT2D eigenvalue weighted by Crippen LogP contribution is 2.37. The van der Waals surface area contributed by atoms with Crippen LogP contribution in [-0.4, -0.2) is 9.55 Å². The van der Waals surface area contributed by atoms with Gasteiger partial charge in [-0.1, -0.05) is 18.2 Å². The first-order valence-electron chi connectivity index (χ1n) is 6.11. The van der Waals surface area contributed by atoms with Crippen LogP contribution >= 0.6 is 0 Å². The SMILES string of the molecule is N#CC(Nc1ccccc1)c1cncn1C1CC1. The second-order valence-corrected chi connectivity index (χ2v) is 4.53. The Bertz CT molecular complexity index is 563. The Balaban J connectivity index is 1.84. The van der Waals surface area contributed by atoms with E-state index in [1.54, 1.807) is 6.20 Å². The Morgan fingerprint density at radius 3 is 2.78 bits per heavy atom. The summed E-state index contributed by atoms with van der Waals surface area (Å²) in [6, 6.07) is 12.3. The van der Waals surface area contributed by atoms with E-state index >= 15 is 0 Å². The number of hydrogen-bond donors (Lipinski definition) is 1. The fraction of sp³-hybridized carbons (Fsp3) is 0.286. The van der Waals surface area contributed by atoms with Crippen LogP contribution in [0.2, 0.25) is 0 Å². The smallest absolute Gasteiger partial charge is 0.156 e. The van der Waals surface area contributed by atoms with E-state index in [0.29, 0.717) is 6.04 Å². The van der Waals surface area contributed by atoms with Gasteiger partial charge in [0.05, 0.1) is 24.3 Å². The molecule has 18 heavy (non-hydrogen) atoms. The van der Waals surface area contributed by atoms with E-state index in [-0.39, 0.29) is 6.04 Å². The van der Waals surface area contributed by atoms with E-state index in [4.69, 9.17) is 0 Å². The maximum Gasteiger partial charge on any atom is 0.156 e. The third-order valence-electron chi connectivity index (χ3n) is 3.15. The molecule has 1 aromatic carbocycles. The number of imidazole rings is 1. The van der Waals surface area contributed by atoms with Crippen molar-refractivity contribution < 1.29 is 0 Å². The highest BCUT2D eigenvalue weighted by Gasteiger charge is 2.27. The molecular weight excluding hydrogens is 224 g/mol. The standard InChI is InChI=1S/C14H14N4/c15-8-13(17-11-4-2-1-3-5-11)14-9-16-10-18(14)12-6-7-12/h1-5,9-10,12-13,17H,6-7H2. The highest BCUT2D eigenvalue weighted by molar-refractivity contribution is 5.46. The molecule has 4 nitrogen and oxygen atoms in total. The maximum atomic E-state index is 9.33. The monoisotopic (exact) mass is 238 g/mol. The number of aromatic nitrogens is 2. The zero-order valence-electron chi connectivity index (χ0n) is 9.95. The lowest BCUT2D eigenvalue weighted by Gasteiger charge is -2.14. The zero-order valence-corrected chi connectivity index (χ0v) is 9.95. The fourth-order valence-electron chi connectivity index (χ4n) is 2.07. The molecule has 1 N–H and O–H groups in total. The molecule has 1 fully saturated rings. The summed E-state index contributed by atoms with van der Waals surface area (Å²) in [5.74, 6) is 0. The Kier molecular flexibility index (Phi) is 2.73. The van der Waals surface area contributed by atoms with Gasteiger partial charge < -0.3 is 9.88 Å². The molecule has 1 aliphatic rings. The summed E-state index contributed by atoms with van der Waals surface area (Å²) in [7, 11) is 0. The molecule has 1 aliphatic carbocycles. The van der Waals surface area contributed by atoms with Crippen LogP contribution in [0.3, 0.4) is 0 Å². The molecule has 0 aliphatic heterocycles. The average Bonchev–Trinajstić information content (AvgIpc) is 3.15. The normalized spacial score (nSPS) is 15.9. The van der Waals surface area contributed by atoms with Gasteiger partial charge in [-0.25, -0.2) is 4.98 Å². The van der Waals surface area contributed by atoms with Crippen molar-refractivity contribution >= 4 is 5.69 Å². The first kappa shape index (κ1) is 10.8. The van der Waals surface area contributed by atoms with Crippen LogP contribution in [0.1, 0.15) is 30.6 Å². The molecule has 90 valence electrons. The molecular formula is C14H14N4. The minimum Gasteiger partial charge on any atom is -0.365 e. The molecule has 1 aromatic heterocycles. The molecule has 1 heterocycles. The van der Waals surface area contributed by atoms with Gasteiger partial charge in [-0.3, -0.25) is 0 Å². The third-order valence-corrected chi connectivity index (χ3v) is 3.15. The number of nitrogens with zero attached hydrogens (tertiary/aromatic N) is 3. The lowest BCUT2D eigenvalue weighted by Crippen LogP contribution is -2.13. The number of nitrogens with one attached hydrogen (secondary N) is 1. The van der Waals surface area contributed by atoms with Crippen molar-refractivity contribution in [2.24, 2.45) is 0 Å². The van der Waals surface area contributed by atoms with Crippen LogP contribution in [0.5, 0.6) is 0 Å². The Morgan fingerprint density at radius 2 is 2.11 bits per heavy atom. The maximum absolute atomic E-state index is 9.33. The minimum atomic E-state index is -0.351. The van der Waals surface area contributed by atoms with E-state index in [9.17, 15) is 5.26 Å². The van der Waals surface area contributed by atoms with Gasteiger partial charge in [0.25, 0.3) is 0 Å². The molecule has 0 amide bonds. The number of nitriles is 1. The lowest BCUT2D eigenvalue weighted by molar-refractivity contribution is 0.684. The molecule has 1 saturated carbocycles. The Labute approximate surface area is 106 Å². The van der Waals surface area contributed by atoms with Crippen LogP contribution in [0.15, 0.2) is 42.9 Å². The Hall–Kier alpha value is -2.28. The molecule has 1 unspecified atom stereocenters. The first-order chi connectivity index (χ1) is 8.88. The van der Waals surface area contributed by atoms with Crippen molar-refractivity contribution in [2.45, 2.75) is 24.9 Å². The zero-order chi connectivity index (χ0) is 12.4. The van der Waals surface area contributed by atoms with E-state index in [0.717, 1.165) is 11.4 Å². The quantitative estimate of drug-likeness (QED) is 0.891. The van der Waals surface area contributed by atoms with Gasteiger partial charge in [-0.15, -0.1) is 0 Å². The third kappa shape index (κ3) is 2.07. The fourth-order valence-corrected chi connectivity index (χ4v) is 2.07. The number of rotatable bonds is 4. The molecule has 0 radical (unpaired) electrons. The predicted octanol–water partition coefficient (Wildman–Crippen LogP) is 2.89. The molecule has 0 saturated heterocycles. The molecule has 3 rings (SSSR count). The summed E-state index contributed by atoms with van der Waals surface area (Å²) in [6.45, 7) is 0. The molecule has 4 heteroatoms. The van der Waals surface area contributed by atoms with Gasteiger partial charge >= 0.3 is 0 Å². The molecule has 0 bridgehead atoms. The van der Waals surface area contributed by atoms with Crippen LogP contribution in [0.25, 0.3) is 0 Å². The predicted molar refractivity (Wildman–Crippen MR) is 68.9 cm³/mol. The lowest BCUT2D eigenvalue weighted by atomic mass is 10.2. The summed E-state index contributed by atoms with van der Waals surface area (Å²) >= 11 is 0. The first-order valence-corrected chi connectivity index (χ1v) is 6.11. The van der Waals surface area contributed by atoms with E-state index in [2.05, 4.69) is 20.9 Å². The van der Waals surface area contributed by atoms with Gasteiger partial charge in [0, 0.05) is 11.7 Å². The van der Waals surface area contributed by atoms with E-state index < -0.39 is 0 Å². The van der Waals surface area contributed by atoms with Gasteiger partial charge in [-0.2, -0.15) is 5.26 Å². The van der Waals surface area contributed by atoms with Crippen LogP contribution < -0.4 is 5.32 Å². The summed E-state index contributed by atoms with van der Waals surface area (Å²) < 4.78 is 2.11. The van der Waals surface area contributed by atoms with E-state index in [1.807, 2.05) is 36.7 Å². The van der Waals surface area contributed by atoms with Gasteiger partial charge in [-0.05, 0) is 25.0 Å². The van der Waals surface area contributed by atoms with Crippen LogP contribution in [0.4, 0.5) is 5.69 Å². The number of benzene rings is 1. The van der Waals surface area contributed by atoms with Gasteiger partial charge in [0.1, 0.15) is 0 Å². The van der Waals surface area contributed by atoms with Crippen molar-refractivity contribution in [3.05, 3.63) is 48.5 Å². The van der Waals surface area contributed by atoms with Gasteiger partial charge in [0.2, 0.25) is 0 Å².